The molecule has 0 saturated heterocycles. The molecular formula is C57H41N2O3P3. The van der Waals surface area contributed by atoms with Gasteiger partial charge >= 0.3 is 0 Å². The zero-order chi connectivity index (χ0) is 44.0. The van der Waals surface area contributed by atoms with E-state index in [1.165, 1.54) is 0 Å². The van der Waals surface area contributed by atoms with Crippen molar-refractivity contribution in [3.05, 3.63) is 249 Å². The highest BCUT2D eigenvalue weighted by atomic mass is 31.2. The molecule has 8 heteroatoms. The molecule has 0 fully saturated rings. The summed E-state index contributed by atoms with van der Waals surface area (Å²) in [5.41, 5.74) is 3.46. The quantitative estimate of drug-likeness (QED) is 0.128. The van der Waals surface area contributed by atoms with E-state index in [1.54, 1.807) is 6.20 Å². The standard InChI is InChI=1S/C57H41N2O3P3/c60-63(44-19-6-1-7-20-44,45-21-8-2-9-22-45)49-32-30-43(31-33-49)59-56-36-34-50(64(61,46-23-10-3-11-24-46)47-25-12-4-13-26-47)39-53(56)54-40-51(35-37-57(54)59)65(62,48-27-14-5-15-28-48)52-38-42-18-16-17-29-55(42)58-41-52/h1-41H. The van der Waals surface area contributed by atoms with Crippen molar-refractivity contribution in [2.24, 2.45) is 0 Å². The van der Waals surface area contributed by atoms with Crippen LogP contribution in [0.15, 0.2) is 249 Å². The first-order valence-corrected chi connectivity index (χ1v) is 26.6. The summed E-state index contributed by atoms with van der Waals surface area (Å²) in [6, 6.07) is 78.5. The summed E-state index contributed by atoms with van der Waals surface area (Å²) >= 11 is 0. The molecule has 5 nitrogen and oxygen atoms in total. The van der Waals surface area contributed by atoms with Gasteiger partial charge in [0, 0.05) is 75.8 Å². The Morgan fingerprint density at radius 2 is 0.646 bits per heavy atom. The van der Waals surface area contributed by atoms with Crippen LogP contribution in [0.5, 0.6) is 0 Å². The van der Waals surface area contributed by atoms with Gasteiger partial charge in [0.05, 0.1) is 16.6 Å². The molecule has 2 aromatic heterocycles. The number of nitrogens with zero attached hydrogens (tertiary/aromatic N) is 2. The molecule has 1 atom stereocenters. The summed E-state index contributed by atoms with van der Waals surface area (Å²) in [4.78, 5) is 4.79. The lowest BCUT2D eigenvalue weighted by Crippen LogP contribution is -2.25. The number of pyridine rings is 1. The van der Waals surface area contributed by atoms with Crippen molar-refractivity contribution in [2.45, 2.75) is 0 Å². The van der Waals surface area contributed by atoms with Crippen LogP contribution in [0, 0.1) is 0 Å². The number of hydrogen-bond acceptors (Lipinski definition) is 4. The Bertz CT molecular complexity index is 3590. The third-order valence-corrected chi connectivity index (χ3v) is 21.6. The fraction of sp³-hybridized carbons (Fsp3) is 0. The maximum absolute atomic E-state index is 16.2. The molecule has 0 amide bonds. The van der Waals surface area contributed by atoms with Crippen LogP contribution in [0.25, 0.3) is 38.4 Å². The molecule has 1 unspecified atom stereocenters. The summed E-state index contributed by atoms with van der Waals surface area (Å²) in [6.07, 6.45) is 1.75. The van der Waals surface area contributed by atoms with Gasteiger partial charge in [0.2, 0.25) is 0 Å². The second-order valence-electron chi connectivity index (χ2n) is 16.1. The van der Waals surface area contributed by atoms with Crippen LogP contribution < -0.4 is 47.7 Å². The number of fused-ring (bicyclic) bond motifs is 4. The average Bonchev–Trinajstić information content (AvgIpc) is 3.72. The van der Waals surface area contributed by atoms with E-state index in [2.05, 4.69) is 28.8 Å². The Labute approximate surface area is 377 Å². The van der Waals surface area contributed by atoms with Crippen molar-refractivity contribution in [1.82, 2.24) is 9.55 Å². The number of rotatable bonds is 10. The highest BCUT2D eigenvalue weighted by molar-refractivity contribution is 7.86. The van der Waals surface area contributed by atoms with Gasteiger partial charge in [-0.05, 0) is 72.8 Å². The van der Waals surface area contributed by atoms with E-state index in [1.807, 2.05) is 218 Å². The summed E-state index contributed by atoms with van der Waals surface area (Å²) in [6.45, 7) is 0. The molecule has 11 aromatic rings. The Kier molecular flexibility index (Phi) is 10.3. The van der Waals surface area contributed by atoms with Gasteiger partial charge in [-0.3, -0.25) is 4.98 Å². The van der Waals surface area contributed by atoms with E-state index in [0.717, 1.165) is 64.9 Å². The van der Waals surface area contributed by atoms with Crippen molar-refractivity contribution in [3.63, 3.8) is 0 Å². The minimum absolute atomic E-state index is 0.640. The first kappa shape index (κ1) is 40.6. The van der Waals surface area contributed by atoms with Crippen molar-refractivity contribution in [2.75, 3.05) is 0 Å². The summed E-state index contributed by atoms with van der Waals surface area (Å²) in [7, 11) is -10.1. The normalized spacial score (nSPS) is 12.9. The summed E-state index contributed by atoms with van der Waals surface area (Å²) < 4.78 is 49.6. The SMILES string of the molecule is O=P(c1ccccc1)(c1ccccc1)c1ccc(-n2c3ccc(P(=O)(c4ccccc4)c4ccccc4)cc3c3cc(P(=O)(c4ccccc4)c4cnc5ccccc5c4)ccc32)cc1. The molecule has 9 aromatic carbocycles. The maximum Gasteiger partial charge on any atom is 0.172 e. The molecule has 0 radical (unpaired) electrons. The Hall–Kier alpha value is -7.12. The monoisotopic (exact) mass is 894 g/mol. The summed E-state index contributed by atoms with van der Waals surface area (Å²) in [5, 5.41) is 9.07. The molecule has 0 N–H and O–H groups in total. The van der Waals surface area contributed by atoms with Gasteiger partial charge in [-0.2, -0.15) is 0 Å². The number of benzene rings is 9. The smallest absolute Gasteiger partial charge is 0.172 e. The van der Waals surface area contributed by atoms with Crippen molar-refractivity contribution < 1.29 is 13.7 Å². The van der Waals surface area contributed by atoms with Crippen LogP contribution in [0.3, 0.4) is 0 Å². The van der Waals surface area contributed by atoms with Crippen LogP contribution in [0.2, 0.25) is 0 Å². The molecule has 0 bridgehead atoms. The highest BCUT2D eigenvalue weighted by Crippen LogP contribution is 2.47. The summed E-state index contributed by atoms with van der Waals surface area (Å²) in [5.74, 6) is 0. The topological polar surface area (TPSA) is 69.0 Å². The molecule has 0 aliphatic rings. The lowest BCUT2D eigenvalue weighted by Gasteiger charge is -2.21. The van der Waals surface area contributed by atoms with Gasteiger partial charge < -0.3 is 18.3 Å². The Morgan fingerprint density at radius 1 is 0.308 bits per heavy atom. The van der Waals surface area contributed by atoms with Crippen LogP contribution >= 0.6 is 21.4 Å². The van der Waals surface area contributed by atoms with E-state index in [-0.39, 0.29) is 0 Å². The largest absolute Gasteiger partial charge is 0.309 e. The lowest BCUT2D eigenvalue weighted by atomic mass is 10.1. The second kappa shape index (κ2) is 16.5. The molecule has 11 rings (SSSR count). The van der Waals surface area contributed by atoms with E-state index in [0.29, 0.717) is 21.2 Å². The number of para-hydroxylation sites is 1. The lowest BCUT2D eigenvalue weighted by molar-refractivity contribution is 0.591. The zero-order valence-corrected chi connectivity index (χ0v) is 37.8. The van der Waals surface area contributed by atoms with Crippen molar-refractivity contribution in [1.29, 1.82) is 0 Å². The molecule has 2 heterocycles. The van der Waals surface area contributed by atoms with Gasteiger partial charge in [-0.1, -0.05) is 170 Å². The fourth-order valence-electron chi connectivity index (χ4n) is 9.24. The van der Waals surface area contributed by atoms with E-state index in [9.17, 15) is 0 Å². The first-order valence-electron chi connectivity index (χ1n) is 21.5. The molecule has 0 aliphatic carbocycles. The Morgan fingerprint density at radius 3 is 1.08 bits per heavy atom. The van der Waals surface area contributed by atoms with Gasteiger partial charge in [0.25, 0.3) is 0 Å². The van der Waals surface area contributed by atoms with Crippen LogP contribution in [0.1, 0.15) is 0 Å². The van der Waals surface area contributed by atoms with Gasteiger partial charge in [-0.15, -0.1) is 0 Å². The molecule has 0 aliphatic heterocycles. The maximum atomic E-state index is 16.2. The molecule has 312 valence electrons. The van der Waals surface area contributed by atoms with Crippen LogP contribution in [0.4, 0.5) is 0 Å². The van der Waals surface area contributed by atoms with E-state index < -0.39 is 21.4 Å². The zero-order valence-electron chi connectivity index (χ0n) is 35.1. The van der Waals surface area contributed by atoms with Gasteiger partial charge in [0.1, 0.15) is 0 Å². The first-order chi connectivity index (χ1) is 31.9. The second-order valence-corrected chi connectivity index (χ2v) is 24.4. The molecular weight excluding hydrogens is 854 g/mol. The third kappa shape index (κ3) is 6.79. The fourth-order valence-corrected chi connectivity index (χ4v) is 17.2. The van der Waals surface area contributed by atoms with E-state index >= 15 is 13.7 Å². The predicted molar refractivity (Wildman–Crippen MR) is 274 cm³/mol. The van der Waals surface area contributed by atoms with Gasteiger partial charge in [0.15, 0.2) is 21.4 Å². The highest BCUT2D eigenvalue weighted by Gasteiger charge is 2.34. The number of hydrogen-bond donors (Lipinski definition) is 0. The van der Waals surface area contributed by atoms with Crippen LogP contribution in [-0.4, -0.2) is 9.55 Å². The molecule has 65 heavy (non-hydrogen) atoms. The number of aromatic nitrogens is 2. The Balaban J connectivity index is 1.16. The van der Waals surface area contributed by atoms with Crippen LogP contribution in [-0.2, 0) is 13.7 Å². The molecule has 0 spiro atoms. The predicted octanol–water partition coefficient (Wildman–Crippen LogP) is 10.3. The minimum Gasteiger partial charge on any atom is -0.309 e. The molecule has 0 saturated carbocycles. The van der Waals surface area contributed by atoms with Gasteiger partial charge in [-0.25, -0.2) is 0 Å². The third-order valence-electron chi connectivity index (χ3n) is 12.5. The average molecular weight is 895 g/mol. The van der Waals surface area contributed by atoms with Crippen molar-refractivity contribution in [3.8, 4) is 5.69 Å². The van der Waals surface area contributed by atoms with Crippen molar-refractivity contribution >= 4 is 102 Å². The van der Waals surface area contributed by atoms with E-state index in [4.69, 9.17) is 4.98 Å². The minimum atomic E-state index is -3.51.